The zero-order valence-corrected chi connectivity index (χ0v) is 17.5. The minimum Gasteiger partial charge on any atom is -0.478 e. The summed E-state index contributed by atoms with van der Waals surface area (Å²) in [6.07, 6.45) is 13.2. The van der Waals surface area contributed by atoms with Gasteiger partial charge in [-0.1, -0.05) is 25.5 Å². The van der Waals surface area contributed by atoms with Gasteiger partial charge in [0.2, 0.25) is 0 Å². The summed E-state index contributed by atoms with van der Waals surface area (Å²) in [5.74, 6) is 1.01. The molecule has 0 heterocycles. The predicted molar refractivity (Wildman–Crippen MR) is 109 cm³/mol. The van der Waals surface area contributed by atoms with Crippen LogP contribution in [0.1, 0.15) is 72.1 Å². The van der Waals surface area contributed by atoms with Crippen LogP contribution in [0.2, 0.25) is 0 Å². The van der Waals surface area contributed by atoms with E-state index in [0.29, 0.717) is 17.8 Å². The molecule has 0 aromatic heterocycles. The highest BCUT2D eigenvalue weighted by Gasteiger charge is 2.60. The Morgan fingerprint density at radius 1 is 1.18 bits per heavy atom. The Balaban J connectivity index is 1.61. The molecule has 4 aliphatic rings. The number of fused-ring (bicyclic) bond motifs is 5. The monoisotopic (exact) mass is 388 g/mol. The maximum absolute atomic E-state index is 11.1. The standard InChI is InChI=1S/C24H36O4/c1-22-11-8-16(25)14-15(22)4-5-17-18-6-7-20(23(18,2)12-9-19(17)22)24(3,28)13-10-21(26)27/h4,10,13,16-20,25,28H,5-9,11-12,14H2,1-3H3,(H,26,27)/t16-,17-,18-,19-,20-,22-,23-,24?/m0/s1. The summed E-state index contributed by atoms with van der Waals surface area (Å²) >= 11 is 0. The van der Waals surface area contributed by atoms with E-state index in [0.717, 1.165) is 51.0 Å². The van der Waals surface area contributed by atoms with Gasteiger partial charge in [-0.05, 0) is 98.9 Å². The van der Waals surface area contributed by atoms with Gasteiger partial charge in [-0.15, -0.1) is 0 Å². The molecule has 0 spiro atoms. The van der Waals surface area contributed by atoms with Crippen molar-refractivity contribution in [1.29, 1.82) is 0 Å². The smallest absolute Gasteiger partial charge is 0.328 e. The van der Waals surface area contributed by atoms with Gasteiger partial charge in [-0.2, -0.15) is 0 Å². The van der Waals surface area contributed by atoms with Crippen molar-refractivity contribution < 1.29 is 20.1 Å². The number of aliphatic hydroxyl groups is 2. The van der Waals surface area contributed by atoms with Gasteiger partial charge in [0.15, 0.2) is 0 Å². The average molecular weight is 389 g/mol. The zero-order valence-electron chi connectivity index (χ0n) is 17.5. The van der Waals surface area contributed by atoms with Crippen LogP contribution in [0.25, 0.3) is 0 Å². The number of rotatable bonds is 3. The van der Waals surface area contributed by atoms with E-state index in [9.17, 15) is 15.0 Å². The SMILES string of the molecule is CC(O)(C=CC(=O)O)[C@H]1CC[C@H]2[C@@H]3CC=C4C[C@@H](O)CC[C@]4(C)[C@H]3CC[C@]12C. The Morgan fingerprint density at radius 3 is 2.64 bits per heavy atom. The lowest BCUT2D eigenvalue weighted by molar-refractivity contribution is -0.131. The van der Waals surface area contributed by atoms with Crippen LogP contribution in [-0.2, 0) is 4.79 Å². The van der Waals surface area contributed by atoms with Gasteiger partial charge < -0.3 is 15.3 Å². The van der Waals surface area contributed by atoms with E-state index in [-0.39, 0.29) is 22.9 Å². The van der Waals surface area contributed by atoms with Gasteiger partial charge in [-0.25, -0.2) is 4.79 Å². The molecule has 4 nitrogen and oxygen atoms in total. The summed E-state index contributed by atoms with van der Waals surface area (Å²) in [7, 11) is 0. The Labute approximate surface area is 168 Å². The second-order valence-corrected chi connectivity index (χ2v) is 10.7. The molecular formula is C24H36O4. The van der Waals surface area contributed by atoms with Gasteiger partial charge in [0, 0.05) is 6.08 Å². The number of carboxylic acids is 1. The fraction of sp³-hybridized carbons (Fsp3) is 0.792. The minimum absolute atomic E-state index is 0.0589. The van der Waals surface area contributed by atoms with Crippen molar-refractivity contribution >= 4 is 5.97 Å². The van der Waals surface area contributed by atoms with Gasteiger partial charge in [0.1, 0.15) is 0 Å². The summed E-state index contributed by atoms with van der Waals surface area (Å²) in [6.45, 7) is 6.57. The Bertz CT molecular complexity index is 707. The van der Waals surface area contributed by atoms with Crippen molar-refractivity contribution in [3.63, 3.8) is 0 Å². The van der Waals surface area contributed by atoms with Crippen LogP contribution in [0, 0.1) is 34.5 Å². The number of aliphatic hydroxyl groups excluding tert-OH is 1. The van der Waals surface area contributed by atoms with Gasteiger partial charge in [-0.3, -0.25) is 0 Å². The zero-order chi connectivity index (χ0) is 20.3. The molecule has 3 saturated carbocycles. The van der Waals surface area contributed by atoms with Crippen molar-refractivity contribution in [2.24, 2.45) is 34.5 Å². The van der Waals surface area contributed by atoms with Crippen molar-refractivity contribution in [3.05, 3.63) is 23.8 Å². The molecule has 1 unspecified atom stereocenters. The molecule has 0 aliphatic heterocycles. The summed E-state index contributed by atoms with van der Waals surface area (Å²) in [4.78, 5) is 11.0. The molecule has 0 aromatic carbocycles. The van der Waals surface area contributed by atoms with Gasteiger partial charge >= 0.3 is 5.97 Å². The van der Waals surface area contributed by atoms with Crippen molar-refractivity contribution in [3.8, 4) is 0 Å². The first-order valence-electron chi connectivity index (χ1n) is 11.1. The largest absolute Gasteiger partial charge is 0.478 e. The van der Waals surface area contributed by atoms with Crippen LogP contribution in [-0.4, -0.2) is 33.0 Å². The van der Waals surface area contributed by atoms with Crippen molar-refractivity contribution in [1.82, 2.24) is 0 Å². The maximum Gasteiger partial charge on any atom is 0.328 e. The lowest BCUT2D eigenvalue weighted by atomic mass is 9.47. The molecular weight excluding hydrogens is 352 g/mol. The van der Waals surface area contributed by atoms with Crippen LogP contribution in [0.5, 0.6) is 0 Å². The molecule has 28 heavy (non-hydrogen) atoms. The first-order valence-corrected chi connectivity index (χ1v) is 11.1. The number of carboxylic acid groups (broad SMARTS) is 1. The fourth-order valence-electron chi connectivity index (χ4n) is 7.96. The minimum atomic E-state index is -1.08. The Hall–Kier alpha value is -1.13. The predicted octanol–water partition coefficient (Wildman–Crippen LogP) is 4.32. The summed E-state index contributed by atoms with van der Waals surface area (Å²) in [6, 6.07) is 0. The summed E-state index contributed by atoms with van der Waals surface area (Å²) in [5.41, 5.74) is 0.696. The van der Waals surface area contributed by atoms with Crippen LogP contribution >= 0.6 is 0 Å². The Kier molecular flexibility index (Phi) is 4.82. The van der Waals surface area contributed by atoms with E-state index in [1.165, 1.54) is 18.1 Å². The normalized spacial score (nSPS) is 47.6. The highest BCUT2D eigenvalue weighted by molar-refractivity contribution is 5.79. The molecule has 3 N–H and O–H groups in total. The number of carbonyl (C=O) groups is 1. The van der Waals surface area contributed by atoms with Crippen molar-refractivity contribution in [2.75, 3.05) is 0 Å². The number of aliphatic carboxylic acids is 1. The summed E-state index contributed by atoms with van der Waals surface area (Å²) < 4.78 is 0. The molecule has 0 bridgehead atoms. The van der Waals surface area contributed by atoms with Crippen LogP contribution in [0.15, 0.2) is 23.8 Å². The maximum atomic E-state index is 11.1. The number of hydrogen-bond donors (Lipinski definition) is 3. The molecule has 0 aromatic rings. The topological polar surface area (TPSA) is 77.8 Å². The molecule has 4 rings (SSSR count). The second-order valence-electron chi connectivity index (χ2n) is 10.7. The molecule has 0 saturated heterocycles. The van der Waals surface area contributed by atoms with Gasteiger partial charge in [0.25, 0.3) is 0 Å². The van der Waals surface area contributed by atoms with E-state index in [4.69, 9.17) is 5.11 Å². The first-order chi connectivity index (χ1) is 13.1. The van der Waals surface area contributed by atoms with E-state index in [1.807, 2.05) is 0 Å². The van der Waals surface area contributed by atoms with Crippen LogP contribution in [0.4, 0.5) is 0 Å². The molecule has 0 radical (unpaired) electrons. The van der Waals surface area contributed by atoms with Crippen LogP contribution < -0.4 is 0 Å². The fourth-order valence-corrected chi connectivity index (χ4v) is 7.96. The highest BCUT2D eigenvalue weighted by Crippen LogP contribution is 2.67. The highest BCUT2D eigenvalue weighted by atomic mass is 16.4. The Morgan fingerprint density at radius 2 is 1.93 bits per heavy atom. The summed E-state index contributed by atoms with van der Waals surface area (Å²) in [5, 5.41) is 30.3. The first kappa shape index (κ1) is 20.2. The third kappa shape index (κ3) is 2.99. The molecule has 3 fully saturated rings. The molecule has 156 valence electrons. The second kappa shape index (κ2) is 6.70. The molecule has 0 amide bonds. The molecule has 4 aliphatic carbocycles. The van der Waals surface area contributed by atoms with E-state index >= 15 is 0 Å². The third-order valence-corrected chi connectivity index (χ3v) is 9.35. The number of hydrogen-bond acceptors (Lipinski definition) is 3. The average Bonchev–Trinajstić information content (AvgIpc) is 2.99. The number of allylic oxidation sites excluding steroid dienone is 1. The quantitative estimate of drug-likeness (QED) is 0.497. The van der Waals surface area contributed by atoms with Crippen LogP contribution in [0.3, 0.4) is 0 Å². The van der Waals surface area contributed by atoms with E-state index in [2.05, 4.69) is 19.9 Å². The van der Waals surface area contributed by atoms with Gasteiger partial charge in [0.05, 0.1) is 11.7 Å². The van der Waals surface area contributed by atoms with E-state index < -0.39 is 11.6 Å². The molecule has 4 heteroatoms. The lowest BCUT2D eigenvalue weighted by Crippen LogP contribution is -2.52. The molecule has 8 atom stereocenters. The van der Waals surface area contributed by atoms with Crippen molar-refractivity contribution in [2.45, 2.75) is 83.8 Å². The third-order valence-electron chi connectivity index (χ3n) is 9.35. The lowest BCUT2D eigenvalue weighted by Gasteiger charge is -2.58. The van der Waals surface area contributed by atoms with E-state index in [1.54, 1.807) is 6.92 Å².